The molecule has 0 atom stereocenters. The van der Waals surface area contributed by atoms with E-state index in [1.165, 1.54) is 6.33 Å². The Kier molecular flexibility index (Phi) is 2.70. The molecular weight excluding hydrogens is 172 g/mol. The zero-order chi connectivity index (χ0) is 9.84. The third-order valence-electron chi connectivity index (χ3n) is 1.21. The van der Waals surface area contributed by atoms with Crippen LogP contribution < -0.4 is 10.7 Å². The maximum atomic E-state index is 10.8. The number of nitrogens with one attached hydrogen (secondary N) is 2. The van der Waals surface area contributed by atoms with E-state index in [0.717, 1.165) is 5.01 Å². The summed E-state index contributed by atoms with van der Waals surface area (Å²) in [5.74, 6) is -0.381. The van der Waals surface area contributed by atoms with Gasteiger partial charge >= 0.3 is 0 Å². The Labute approximate surface area is 74.6 Å². The van der Waals surface area contributed by atoms with E-state index in [9.17, 15) is 4.79 Å². The van der Waals surface area contributed by atoms with E-state index in [1.54, 1.807) is 14.1 Å². The second kappa shape index (κ2) is 3.76. The Morgan fingerprint density at radius 3 is 2.92 bits per heavy atom. The van der Waals surface area contributed by atoms with E-state index >= 15 is 0 Å². The molecule has 0 aliphatic heterocycles. The van der Waals surface area contributed by atoms with Crippen LogP contribution in [-0.2, 0) is 0 Å². The fourth-order valence-corrected chi connectivity index (χ4v) is 0.692. The molecule has 1 aromatic heterocycles. The molecule has 0 unspecified atom stereocenters. The molecule has 4 N–H and O–H groups in total. The number of primary amides is 1. The van der Waals surface area contributed by atoms with E-state index in [0.29, 0.717) is 0 Å². The van der Waals surface area contributed by atoms with Crippen LogP contribution in [0.1, 0.15) is 10.5 Å². The van der Waals surface area contributed by atoms with Gasteiger partial charge in [0.15, 0.2) is 5.69 Å². The molecule has 1 rings (SSSR count). The molecule has 1 heterocycles. The number of aromatic amines is 1. The number of rotatable bonds is 3. The number of hydrogen-bond acceptors (Lipinski definition) is 4. The van der Waals surface area contributed by atoms with Crippen molar-refractivity contribution in [1.29, 1.82) is 0 Å². The van der Waals surface area contributed by atoms with Crippen molar-refractivity contribution in [3.05, 3.63) is 12.0 Å². The molecular formula is C6H11N6O+. The molecule has 0 aliphatic rings. The van der Waals surface area contributed by atoms with E-state index in [-0.39, 0.29) is 11.5 Å². The van der Waals surface area contributed by atoms with E-state index < -0.39 is 5.91 Å². The molecule has 0 spiro atoms. The number of nitrogens with two attached hydrogens (primary N) is 1. The first-order valence-electron chi connectivity index (χ1n) is 3.66. The van der Waals surface area contributed by atoms with Gasteiger partial charge in [-0.25, -0.2) is 4.98 Å². The number of hydrogen-bond donors (Lipinski definition) is 3. The summed E-state index contributed by atoms with van der Waals surface area (Å²) in [5.41, 5.74) is 5.22. The molecule has 1 aromatic rings. The number of quaternary nitrogens is 1. The highest BCUT2D eigenvalue weighted by Gasteiger charge is 2.10. The van der Waals surface area contributed by atoms with Crippen molar-refractivity contribution in [3.63, 3.8) is 0 Å². The maximum absolute atomic E-state index is 10.8. The fraction of sp³-hybridized carbons (Fsp3) is 0.333. The number of amides is 1. The minimum Gasteiger partial charge on any atom is -0.364 e. The Hall–Kier alpha value is -1.76. The lowest BCUT2D eigenvalue weighted by Gasteiger charge is -1.93. The molecule has 0 fully saturated rings. The smallest absolute Gasteiger partial charge is 0.269 e. The molecule has 0 bridgehead atoms. The number of nitrogens with zero attached hydrogens (tertiary/aromatic N) is 3. The minimum absolute atomic E-state index is 0.171. The first kappa shape index (κ1) is 9.33. The van der Waals surface area contributed by atoms with Gasteiger partial charge in [0.05, 0.1) is 20.4 Å². The molecule has 13 heavy (non-hydrogen) atoms. The third kappa shape index (κ3) is 2.34. The maximum Gasteiger partial charge on any atom is 0.269 e. The number of carbonyl (C=O) groups is 1. The van der Waals surface area contributed by atoms with Crippen LogP contribution in [0.3, 0.4) is 0 Å². The van der Waals surface area contributed by atoms with Gasteiger partial charge in [-0.3, -0.25) is 4.79 Å². The molecule has 7 nitrogen and oxygen atoms in total. The number of aromatic nitrogens is 2. The summed E-state index contributed by atoms with van der Waals surface area (Å²) in [6, 6.07) is 0. The average Bonchev–Trinajstić information content (AvgIpc) is 2.47. The molecule has 0 saturated heterocycles. The second-order valence-electron chi connectivity index (χ2n) is 2.61. The SMILES string of the molecule is C[NH+](C)/N=N/c1nc[nH]c1C(N)=O. The highest BCUT2D eigenvalue weighted by Crippen LogP contribution is 2.11. The van der Waals surface area contributed by atoms with Crippen LogP contribution in [0.15, 0.2) is 16.7 Å². The van der Waals surface area contributed by atoms with Crippen molar-refractivity contribution < 1.29 is 9.80 Å². The Morgan fingerprint density at radius 2 is 2.38 bits per heavy atom. The first-order chi connectivity index (χ1) is 6.11. The van der Waals surface area contributed by atoms with Crippen LogP contribution in [0, 0.1) is 0 Å². The highest BCUT2D eigenvalue weighted by atomic mass is 16.1. The van der Waals surface area contributed by atoms with Gasteiger partial charge in [0.1, 0.15) is 0 Å². The van der Waals surface area contributed by atoms with Crippen molar-refractivity contribution in [1.82, 2.24) is 9.97 Å². The summed E-state index contributed by atoms with van der Waals surface area (Å²) in [6.45, 7) is 0. The van der Waals surface area contributed by atoms with Gasteiger partial charge in [0.2, 0.25) is 5.82 Å². The van der Waals surface area contributed by atoms with Crippen LogP contribution in [0.4, 0.5) is 5.82 Å². The Balaban J connectivity index is 2.88. The van der Waals surface area contributed by atoms with E-state index in [2.05, 4.69) is 20.3 Å². The molecule has 70 valence electrons. The lowest BCUT2D eigenvalue weighted by molar-refractivity contribution is -0.870. The Morgan fingerprint density at radius 1 is 1.69 bits per heavy atom. The summed E-state index contributed by atoms with van der Waals surface area (Å²) in [7, 11) is 3.58. The fourth-order valence-electron chi connectivity index (χ4n) is 0.692. The van der Waals surface area contributed by atoms with Gasteiger partial charge in [-0.05, 0) is 0 Å². The van der Waals surface area contributed by atoms with Crippen LogP contribution in [0.25, 0.3) is 0 Å². The van der Waals surface area contributed by atoms with Gasteiger partial charge in [0.25, 0.3) is 5.91 Å². The summed E-state index contributed by atoms with van der Waals surface area (Å²) in [6.07, 6.45) is 1.35. The summed E-state index contributed by atoms with van der Waals surface area (Å²) in [4.78, 5) is 17.1. The van der Waals surface area contributed by atoms with Gasteiger partial charge in [0, 0.05) is 5.22 Å². The van der Waals surface area contributed by atoms with Crippen LogP contribution in [0.2, 0.25) is 0 Å². The van der Waals surface area contributed by atoms with Crippen molar-refractivity contribution in [2.75, 3.05) is 14.1 Å². The largest absolute Gasteiger partial charge is 0.364 e. The highest BCUT2D eigenvalue weighted by molar-refractivity contribution is 5.94. The molecule has 0 radical (unpaired) electrons. The van der Waals surface area contributed by atoms with Crippen LogP contribution >= 0.6 is 0 Å². The monoisotopic (exact) mass is 183 g/mol. The number of carbonyl (C=O) groups excluding carboxylic acids is 1. The molecule has 0 saturated carbocycles. The first-order valence-corrected chi connectivity index (χ1v) is 3.66. The normalized spacial score (nSPS) is 11.3. The van der Waals surface area contributed by atoms with Crippen molar-refractivity contribution in [2.45, 2.75) is 0 Å². The zero-order valence-corrected chi connectivity index (χ0v) is 7.40. The van der Waals surface area contributed by atoms with Crippen molar-refractivity contribution >= 4 is 11.7 Å². The summed E-state index contributed by atoms with van der Waals surface area (Å²) in [5, 5.41) is 8.27. The standard InChI is InChI=1S/C6H10N6O/c1-12(2)11-10-6-4(5(7)13)8-3-9-6/h3H,1-2H3,(H2,7,13)(H,8,9)/p+1/b11-10+. The number of imidazole rings is 1. The molecule has 0 aromatic carbocycles. The average molecular weight is 183 g/mol. The van der Waals surface area contributed by atoms with Crippen LogP contribution in [0.5, 0.6) is 0 Å². The molecule has 0 aliphatic carbocycles. The zero-order valence-electron chi connectivity index (χ0n) is 7.40. The summed E-state index contributed by atoms with van der Waals surface area (Å²) < 4.78 is 0. The van der Waals surface area contributed by atoms with E-state index in [4.69, 9.17) is 5.73 Å². The quantitative estimate of drug-likeness (QED) is 0.398. The van der Waals surface area contributed by atoms with Gasteiger partial charge in [-0.15, -0.1) is 0 Å². The predicted molar refractivity (Wildman–Crippen MR) is 44.4 cm³/mol. The Bertz CT molecular complexity index is 328. The van der Waals surface area contributed by atoms with Gasteiger partial charge in [-0.1, -0.05) is 5.11 Å². The predicted octanol–water partition coefficient (Wildman–Crippen LogP) is -1.35. The lowest BCUT2D eigenvalue weighted by atomic mass is 10.4. The van der Waals surface area contributed by atoms with Crippen molar-refractivity contribution in [3.8, 4) is 0 Å². The second-order valence-corrected chi connectivity index (χ2v) is 2.61. The van der Waals surface area contributed by atoms with Crippen LogP contribution in [-0.4, -0.2) is 30.0 Å². The minimum atomic E-state index is -0.597. The third-order valence-corrected chi connectivity index (χ3v) is 1.21. The molecule has 1 amide bonds. The van der Waals surface area contributed by atoms with E-state index in [1.807, 2.05) is 0 Å². The summed E-state index contributed by atoms with van der Waals surface area (Å²) >= 11 is 0. The topological polar surface area (TPSA) is 101 Å². The van der Waals surface area contributed by atoms with Gasteiger partial charge in [-0.2, -0.15) is 5.01 Å². The van der Waals surface area contributed by atoms with Crippen molar-refractivity contribution in [2.24, 2.45) is 16.1 Å². The number of H-pyrrole nitrogens is 1. The molecule has 7 heteroatoms. The lowest BCUT2D eigenvalue weighted by Crippen LogP contribution is -3.00. The van der Waals surface area contributed by atoms with Gasteiger partial charge < -0.3 is 10.7 Å².